The zero-order valence-electron chi connectivity index (χ0n) is 9.52. The highest BCUT2D eigenvalue weighted by atomic mass is 32.2. The monoisotopic (exact) mass is 235 g/mol. The zero-order valence-corrected chi connectivity index (χ0v) is 10.3. The van der Waals surface area contributed by atoms with Crippen molar-refractivity contribution < 1.29 is 5.11 Å². The molecule has 3 heterocycles. The van der Waals surface area contributed by atoms with Gasteiger partial charge in [-0.3, -0.25) is 4.98 Å². The van der Waals surface area contributed by atoms with E-state index < -0.39 is 5.60 Å². The first-order valence-corrected chi connectivity index (χ1v) is 6.91. The van der Waals surface area contributed by atoms with Gasteiger partial charge in [0.2, 0.25) is 0 Å². The number of aromatic nitrogens is 1. The molecule has 0 radical (unpaired) electrons. The fraction of sp³-hybridized carbons (Fsp3) is 0.615. The second-order valence-electron chi connectivity index (χ2n) is 5.08. The second-order valence-corrected chi connectivity index (χ2v) is 6.69. The van der Waals surface area contributed by atoms with Crippen LogP contribution >= 0.6 is 11.8 Å². The highest BCUT2D eigenvalue weighted by molar-refractivity contribution is 8.00. The lowest BCUT2D eigenvalue weighted by Gasteiger charge is -2.36. The first-order valence-electron chi connectivity index (χ1n) is 5.97. The second kappa shape index (κ2) is 3.74. The van der Waals surface area contributed by atoms with Crippen molar-refractivity contribution in [3.63, 3.8) is 0 Å². The summed E-state index contributed by atoms with van der Waals surface area (Å²) in [5.41, 5.74) is 1.47. The van der Waals surface area contributed by atoms with Crippen molar-refractivity contribution in [2.24, 2.45) is 0 Å². The van der Waals surface area contributed by atoms with Crippen LogP contribution < -0.4 is 0 Å². The largest absolute Gasteiger partial charge is 0.385 e. The third kappa shape index (κ3) is 1.76. The Bertz CT molecular complexity index is 395. The molecule has 86 valence electrons. The molecule has 0 saturated carbocycles. The molecule has 0 amide bonds. The Labute approximate surface area is 100 Å². The van der Waals surface area contributed by atoms with E-state index in [-0.39, 0.29) is 0 Å². The van der Waals surface area contributed by atoms with Crippen molar-refractivity contribution in [2.75, 3.05) is 0 Å². The summed E-state index contributed by atoms with van der Waals surface area (Å²) in [5.74, 6) is 0. The Balaban J connectivity index is 1.93. The molecule has 1 N–H and O–H groups in total. The van der Waals surface area contributed by atoms with E-state index in [1.165, 1.54) is 12.8 Å². The average molecular weight is 235 g/mol. The first-order chi connectivity index (χ1) is 7.66. The van der Waals surface area contributed by atoms with Gasteiger partial charge in [-0.1, -0.05) is 0 Å². The van der Waals surface area contributed by atoms with Crippen molar-refractivity contribution >= 4 is 11.8 Å². The molecule has 2 nitrogen and oxygen atoms in total. The Morgan fingerprint density at radius 3 is 2.69 bits per heavy atom. The van der Waals surface area contributed by atoms with Gasteiger partial charge >= 0.3 is 0 Å². The van der Waals surface area contributed by atoms with Crippen molar-refractivity contribution in [1.82, 2.24) is 4.98 Å². The highest BCUT2D eigenvalue weighted by Crippen LogP contribution is 2.51. The predicted octanol–water partition coefficient (Wildman–Crippen LogP) is 2.64. The van der Waals surface area contributed by atoms with Crippen LogP contribution in [0, 0.1) is 6.92 Å². The summed E-state index contributed by atoms with van der Waals surface area (Å²) in [6.07, 6.45) is 6.20. The summed E-state index contributed by atoms with van der Waals surface area (Å²) in [7, 11) is 0. The summed E-state index contributed by atoms with van der Waals surface area (Å²) in [6, 6.07) is 4.01. The SMILES string of the molecule is Cc1cc(C2(O)CC3CCC(C2)S3)ccn1. The maximum absolute atomic E-state index is 10.8. The van der Waals surface area contributed by atoms with Crippen molar-refractivity contribution in [3.8, 4) is 0 Å². The molecule has 2 aliphatic heterocycles. The molecule has 3 heteroatoms. The Kier molecular flexibility index (Phi) is 2.48. The molecule has 2 unspecified atom stereocenters. The summed E-state index contributed by atoms with van der Waals surface area (Å²) < 4.78 is 0. The molecule has 16 heavy (non-hydrogen) atoms. The minimum absolute atomic E-state index is 0.592. The maximum Gasteiger partial charge on any atom is 0.0918 e. The Hall–Kier alpha value is -0.540. The number of fused-ring (bicyclic) bond motifs is 2. The number of nitrogens with zero attached hydrogens (tertiary/aromatic N) is 1. The van der Waals surface area contributed by atoms with Crippen molar-refractivity contribution in [2.45, 2.75) is 48.7 Å². The van der Waals surface area contributed by atoms with Gasteiger partial charge in [-0.25, -0.2) is 0 Å². The van der Waals surface area contributed by atoms with Gasteiger partial charge in [0.15, 0.2) is 0 Å². The van der Waals surface area contributed by atoms with Gasteiger partial charge in [-0.05, 0) is 50.3 Å². The number of pyridine rings is 1. The number of rotatable bonds is 1. The van der Waals surface area contributed by atoms with E-state index >= 15 is 0 Å². The number of hydrogen-bond acceptors (Lipinski definition) is 3. The predicted molar refractivity (Wildman–Crippen MR) is 66.5 cm³/mol. The van der Waals surface area contributed by atoms with E-state index in [0.29, 0.717) is 10.5 Å². The Morgan fingerprint density at radius 2 is 2.06 bits per heavy atom. The summed E-state index contributed by atoms with van der Waals surface area (Å²) in [4.78, 5) is 4.20. The van der Waals surface area contributed by atoms with Crippen LogP contribution in [0.2, 0.25) is 0 Å². The molecule has 3 rings (SSSR count). The summed E-state index contributed by atoms with van der Waals surface area (Å²) in [6.45, 7) is 1.99. The number of hydrogen-bond donors (Lipinski definition) is 1. The normalized spacial score (nSPS) is 37.6. The summed E-state index contributed by atoms with van der Waals surface area (Å²) in [5, 5.41) is 12.1. The van der Waals surface area contributed by atoms with Crippen LogP contribution in [-0.4, -0.2) is 20.6 Å². The fourth-order valence-electron chi connectivity index (χ4n) is 2.99. The molecular weight excluding hydrogens is 218 g/mol. The van der Waals surface area contributed by atoms with Crippen LogP contribution in [0.3, 0.4) is 0 Å². The molecule has 2 saturated heterocycles. The standard InChI is InChI=1S/C13H17NOS/c1-9-6-10(4-5-14-9)13(15)7-11-2-3-12(8-13)16-11/h4-6,11-12,15H,2-3,7-8H2,1H3. The van der Waals surface area contributed by atoms with Gasteiger partial charge < -0.3 is 5.11 Å². The van der Waals surface area contributed by atoms with Crippen LogP contribution in [-0.2, 0) is 5.60 Å². The third-order valence-electron chi connectivity index (χ3n) is 3.76. The van der Waals surface area contributed by atoms with Gasteiger partial charge in [0.1, 0.15) is 0 Å². The number of aliphatic hydroxyl groups is 1. The minimum atomic E-state index is -0.592. The molecule has 2 atom stereocenters. The highest BCUT2D eigenvalue weighted by Gasteiger charge is 2.44. The molecule has 0 spiro atoms. The number of aryl methyl sites for hydroxylation is 1. The van der Waals surface area contributed by atoms with E-state index in [0.717, 1.165) is 24.1 Å². The molecule has 0 aliphatic carbocycles. The van der Waals surface area contributed by atoms with E-state index in [1.807, 2.05) is 25.3 Å². The van der Waals surface area contributed by atoms with Crippen molar-refractivity contribution in [3.05, 3.63) is 29.6 Å². The van der Waals surface area contributed by atoms with E-state index in [4.69, 9.17) is 0 Å². The lowest BCUT2D eigenvalue weighted by Crippen LogP contribution is -2.34. The lowest BCUT2D eigenvalue weighted by molar-refractivity contribution is 0.0195. The number of thioether (sulfide) groups is 1. The van der Waals surface area contributed by atoms with Crippen molar-refractivity contribution in [1.29, 1.82) is 0 Å². The minimum Gasteiger partial charge on any atom is -0.385 e. The topological polar surface area (TPSA) is 33.1 Å². The molecular formula is C13H17NOS. The molecule has 0 aromatic carbocycles. The van der Waals surface area contributed by atoms with Crippen LogP contribution in [0.4, 0.5) is 0 Å². The van der Waals surface area contributed by atoms with Crippen LogP contribution in [0.1, 0.15) is 36.9 Å². The van der Waals surface area contributed by atoms with Gasteiger partial charge in [0, 0.05) is 22.4 Å². The van der Waals surface area contributed by atoms with Gasteiger partial charge in [0.05, 0.1) is 5.60 Å². The van der Waals surface area contributed by atoms with E-state index in [9.17, 15) is 5.11 Å². The average Bonchev–Trinajstić information content (AvgIpc) is 2.59. The van der Waals surface area contributed by atoms with Crippen LogP contribution in [0.5, 0.6) is 0 Å². The Morgan fingerprint density at radius 1 is 1.38 bits per heavy atom. The molecule has 2 fully saturated rings. The lowest BCUT2D eigenvalue weighted by atomic mass is 9.86. The molecule has 1 aromatic rings. The third-order valence-corrected chi connectivity index (χ3v) is 5.33. The smallest absolute Gasteiger partial charge is 0.0918 e. The van der Waals surface area contributed by atoms with Gasteiger partial charge in [0.25, 0.3) is 0 Å². The quantitative estimate of drug-likeness (QED) is 0.812. The van der Waals surface area contributed by atoms with E-state index in [1.54, 1.807) is 0 Å². The first kappa shape index (κ1) is 10.6. The molecule has 1 aromatic heterocycles. The fourth-order valence-corrected chi connectivity index (χ4v) is 4.82. The maximum atomic E-state index is 10.8. The van der Waals surface area contributed by atoms with Gasteiger partial charge in [-0.2, -0.15) is 11.8 Å². The van der Waals surface area contributed by atoms with Crippen LogP contribution in [0.15, 0.2) is 18.3 Å². The zero-order chi connectivity index (χ0) is 11.2. The molecule has 2 aliphatic rings. The van der Waals surface area contributed by atoms with Crippen LogP contribution in [0.25, 0.3) is 0 Å². The van der Waals surface area contributed by atoms with E-state index in [2.05, 4.69) is 16.7 Å². The van der Waals surface area contributed by atoms with Gasteiger partial charge in [-0.15, -0.1) is 0 Å². The molecule has 2 bridgehead atoms. The summed E-state index contributed by atoms with van der Waals surface area (Å²) >= 11 is 2.08.